The Morgan fingerprint density at radius 3 is 2.68 bits per heavy atom. The first-order chi connectivity index (χ1) is 12.2. The van der Waals surface area contributed by atoms with Crippen LogP contribution in [0.15, 0.2) is 29.4 Å². The van der Waals surface area contributed by atoms with E-state index in [4.69, 9.17) is 16.3 Å². The summed E-state index contributed by atoms with van der Waals surface area (Å²) >= 11 is 7.41. The number of rotatable bonds is 8. The molecule has 0 amide bonds. The molecule has 2 aromatic heterocycles. The quantitative estimate of drug-likeness (QED) is 0.556. The van der Waals surface area contributed by atoms with E-state index in [2.05, 4.69) is 32.6 Å². The number of hydrogen-bond acceptors (Lipinski definition) is 7. The lowest BCUT2D eigenvalue weighted by Crippen LogP contribution is -2.06. The van der Waals surface area contributed by atoms with Crippen molar-refractivity contribution in [1.29, 1.82) is 0 Å². The maximum absolute atomic E-state index is 5.86. The molecular formula is C15H18ClN7OS. The zero-order valence-electron chi connectivity index (χ0n) is 14.0. The Morgan fingerprint density at radius 1 is 1.12 bits per heavy atom. The van der Waals surface area contributed by atoms with Crippen molar-refractivity contribution in [3.05, 3.63) is 40.9 Å². The van der Waals surface area contributed by atoms with Crippen molar-refractivity contribution >= 4 is 23.4 Å². The second-order valence-corrected chi connectivity index (χ2v) is 6.69. The van der Waals surface area contributed by atoms with Gasteiger partial charge in [-0.15, -0.1) is 15.3 Å². The Kier molecular flexibility index (Phi) is 5.87. The minimum Gasteiger partial charge on any atom is -0.486 e. The molecule has 132 valence electrons. The molecule has 0 saturated heterocycles. The van der Waals surface area contributed by atoms with Crippen LogP contribution < -0.4 is 4.74 Å². The second-order valence-electron chi connectivity index (χ2n) is 5.31. The molecule has 0 N–H and O–H groups in total. The molecule has 2 heterocycles. The summed E-state index contributed by atoms with van der Waals surface area (Å²) in [7, 11) is 1.91. The first-order valence-corrected chi connectivity index (χ1v) is 9.18. The van der Waals surface area contributed by atoms with E-state index in [1.54, 1.807) is 23.9 Å². The molecule has 25 heavy (non-hydrogen) atoms. The number of thioether (sulfide) groups is 1. The maximum Gasteiger partial charge on any atom is 0.191 e. The molecule has 0 radical (unpaired) electrons. The van der Waals surface area contributed by atoms with Gasteiger partial charge in [0.1, 0.15) is 12.4 Å². The molecule has 10 heteroatoms. The topological polar surface area (TPSA) is 83.5 Å². The van der Waals surface area contributed by atoms with Crippen LogP contribution in [0.2, 0.25) is 5.02 Å². The molecule has 0 aliphatic carbocycles. The van der Waals surface area contributed by atoms with Gasteiger partial charge in [-0.25, -0.2) is 4.68 Å². The highest BCUT2D eigenvalue weighted by atomic mass is 35.5. The van der Waals surface area contributed by atoms with Crippen LogP contribution in [0.3, 0.4) is 0 Å². The molecule has 0 spiro atoms. The monoisotopic (exact) mass is 379 g/mol. The number of nitrogens with zero attached hydrogens (tertiary/aromatic N) is 7. The summed E-state index contributed by atoms with van der Waals surface area (Å²) in [5.41, 5.74) is 0. The van der Waals surface area contributed by atoms with Crippen molar-refractivity contribution in [1.82, 2.24) is 35.0 Å². The predicted molar refractivity (Wildman–Crippen MR) is 94.5 cm³/mol. The van der Waals surface area contributed by atoms with Gasteiger partial charge in [-0.3, -0.25) is 0 Å². The van der Waals surface area contributed by atoms with Crippen LogP contribution in [0.25, 0.3) is 0 Å². The number of halogens is 1. The van der Waals surface area contributed by atoms with Crippen molar-refractivity contribution < 1.29 is 4.74 Å². The summed E-state index contributed by atoms with van der Waals surface area (Å²) in [4.78, 5) is 0. The minimum absolute atomic E-state index is 0.333. The lowest BCUT2D eigenvalue weighted by molar-refractivity contribution is 0.290. The van der Waals surface area contributed by atoms with Gasteiger partial charge in [0, 0.05) is 18.6 Å². The van der Waals surface area contributed by atoms with Crippen LogP contribution in [-0.4, -0.2) is 35.0 Å². The average Bonchev–Trinajstić information content (AvgIpc) is 3.20. The third-order valence-electron chi connectivity index (χ3n) is 3.48. The van der Waals surface area contributed by atoms with Crippen molar-refractivity contribution in [3.63, 3.8) is 0 Å². The lowest BCUT2D eigenvalue weighted by Gasteiger charge is -2.06. The first-order valence-electron chi connectivity index (χ1n) is 7.82. The highest BCUT2D eigenvalue weighted by Gasteiger charge is 2.12. The van der Waals surface area contributed by atoms with Crippen LogP contribution in [0.5, 0.6) is 5.75 Å². The van der Waals surface area contributed by atoms with Gasteiger partial charge >= 0.3 is 0 Å². The molecule has 8 nitrogen and oxygen atoms in total. The summed E-state index contributed by atoms with van der Waals surface area (Å²) in [6, 6.07) is 7.22. The molecular weight excluding hydrogens is 362 g/mol. The van der Waals surface area contributed by atoms with Crippen molar-refractivity contribution in [3.8, 4) is 5.75 Å². The van der Waals surface area contributed by atoms with Gasteiger partial charge in [0.05, 0.1) is 5.75 Å². The van der Waals surface area contributed by atoms with E-state index < -0.39 is 0 Å². The maximum atomic E-state index is 5.86. The Labute approximate surface area is 154 Å². The Morgan fingerprint density at radius 2 is 1.92 bits per heavy atom. The fraction of sp³-hybridized carbons (Fsp3) is 0.400. The standard InChI is InChI=1S/C15H18ClN7OS/c1-3-8-23-14(18-20-21-23)10-25-15-19-17-13(22(15)2)9-24-12-6-4-11(16)5-7-12/h4-7H,3,8-10H2,1-2H3. The van der Waals surface area contributed by atoms with Crippen LogP contribution in [0, 0.1) is 0 Å². The molecule has 0 saturated carbocycles. The van der Waals surface area contributed by atoms with E-state index in [1.165, 1.54) is 0 Å². The summed E-state index contributed by atoms with van der Waals surface area (Å²) < 4.78 is 9.44. The first kappa shape index (κ1) is 17.7. The Balaban J connectivity index is 1.59. The summed E-state index contributed by atoms with van der Waals surface area (Å²) in [6.07, 6.45) is 0.985. The zero-order chi connectivity index (χ0) is 17.6. The molecule has 0 fully saturated rings. The highest BCUT2D eigenvalue weighted by molar-refractivity contribution is 7.98. The molecule has 0 bridgehead atoms. The van der Waals surface area contributed by atoms with E-state index in [1.807, 2.05) is 28.4 Å². The Bertz CT molecular complexity index is 818. The van der Waals surface area contributed by atoms with E-state index in [9.17, 15) is 0 Å². The number of aryl methyl sites for hydroxylation is 1. The van der Waals surface area contributed by atoms with Gasteiger partial charge in [0.15, 0.2) is 16.8 Å². The SMILES string of the molecule is CCCn1nnnc1CSc1nnc(COc2ccc(Cl)cc2)n1C. The van der Waals surface area contributed by atoms with Gasteiger partial charge < -0.3 is 9.30 Å². The molecule has 0 unspecified atom stereocenters. The van der Waals surface area contributed by atoms with Gasteiger partial charge in [-0.05, 0) is 41.1 Å². The Hall–Kier alpha value is -2.13. The summed E-state index contributed by atoms with van der Waals surface area (Å²) in [5.74, 6) is 2.94. The second kappa shape index (κ2) is 8.30. The molecule has 3 rings (SSSR count). The third kappa shape index (κ3) is 4.49. The van der Waals surface area contributed by atoms with Crippen molar-refractivity contribution in [2.75, 3.05) is 0 Å². The summed E-state index contributed by atoms with van der Waals surface area (Å²) in [6.45, 7) is 3.23. The summed E-state index contributed by atoms with van der Waals surface area (Å²) in [5, 5.41) is 21.6. The zero-order valence-corrected chi connectivity index (χ0v) is 15.5. The molecule has 0 atom stereocenters. The van der Waals surface area contributed by atoms with Crippen LogP contribution in [0.1, 0.15) is 25.0 Å². The van der Waals surface area contributed by atoms with E-state index in [-0.39, 0.29) is 0 Å². The number of tetrazole rings is 1. The average molecular weight is 380 g/mol. The van der Waals surface area contributed by atoms with Gasteiger partial charge in [0.25, 0.3) is 0 Å². The van der Waals surface area contributed by atoms with Crippen LogP contribution in [-0.2, 0) is 26.0 Å². The van der Waals surface area contributed by atoms with Crippen LogP contribution in [0.4, 0.5) is 0 Å². The fourth-order valence-electron chi connectivity index (χ4n) is 2.12. The minimum atomic E-state index is 0.333. The number of ether oxygens (including phenoxy) is 1. The largest absolute Gasteiger partial charge is 0.486 e. The molecule has 1 aromatic carbocycles. The molecule has 0 aliphatic heterocycles. The van der Waals surface area contributed by atoms with Gasteiger partial charge in [-0.2, -0.15) is 0 Å². The lowest BCUT2D eigenvalue weighted by atomic mass is 10.3. The van der Waals surface area contributed by atoms with Gasteiger partial charge in [-0.1, -0.05) is 30.3 Å². The van der Waals surface area contributed by atoms with Crippen molar-refractivity contribution in [2.24, 2.45) is 7.05 Å². The fourth-order valence-corrected chi connectivity index (χ4v) is 3.10. The normalized spacial score (nSPS) is 11.0. The van der Waals surface area contributed by atoms with E-state index in [0.717, 1.165) is 35.5 Å². The molecule has 0 aliphatic rings. The smallest absolute Gasteiger partial charge is 0.191 e. The van der Waals surface area contributed by atoms with E-state index in [0.29, 0.717) is 17.4 Å². The number of benzene rings is 1. The number of aromatic nitrogens is 7. The van der Waals surface area contributed by atoms with Crippen molar-refractivity contribution in [2.45, 2.75) is 37.4 Å². The van der Waals surface area contributed by atoms with Gasteiger partial charge in [0.2, 0.25) is 0 Å². The van der Waals surface area contributed by atoms with Crippen LogP contribution >= 0.6 is 23.4 Å². The molecule has 3 aromatic rings. The predicted octanol–water partition coefficient (Wildman–Crippen LogP) is 2.74. The number of hydrogen-bond donors (Lipinski definition) is 0. The highest BCUT2D eigenvalue weighted by Crippen LogP contribution is 2.21. The van der Waals surface area contributed by atoms with E-state index >= 15 is 0 Å². The third-order valence-corrected chi connectivity index (χ3v) is 4.75.